The maximum Gasteiger partial charge on any atom is 0.224 e. The van der Waals surface area contributed by atoms with Crippen LogP contribution >= 0.6 is 11.6 Å². The van der Waals surface area contributed by atoms with E-state index in [-0.39, 0.29) is 0 Å². The monoisotopic (exact) mass is 505 g/mol. The molecule has 0 atom stereocenters. The van der Waals surface area contributed by atoms with E-state index < -0.39 is 0 Å². The van der Waals surface area contributed by atoms with E-state index in [1.54, 1.807) is 20.3 Å². The summed E-state index contributed by atoms with van der Waals surface area (Å²) in [5.41, 5.74) is 3.63. The molecule has 1 aliphatic heterocycles. The van der Waals surface area contributed by atoms with Crippen LogP contribution in [0.25, 0.3) is 16.9 Å². The zero-order chi connectivity index (χ0) is 24.6. The van der Waals surface area contributed by atoms with Gasteiger partial charge in [-0.05, 0) is 31.0 Å². The molecule has 186 valence electrons. The molecule has 4 aromatic rings. The third-order valence-corrected chi connectivity index (χ3v) is 7.01. The molecule has 1 saturated carbocycles. The molecule has 4 heterocycles. The third kappa shape index (κ3) is 4.46. The summed E-state index contributed by atoms with van der Waals surface area (Å²) in [4.78, 5) is 18.7. The van der Waals surface area contributed by atoms with Crippen LogP contribution in [0.3, 0.4) is 0 Å². The maximum atomic E-state index is 6.39. The van der Waals surface area contributed by atoms with Crippen molar-refractivity contribution in [3.05, 3.63) is 53.9 Å². The number of nitrogens with zero attached hydrogens (tertiary/aromatic N) is 6. The van der Waals surface area contributed by atoms with E-state index in [1.165, 1.54) is 12.8 Å². The number of pyridine rings is 1. The van der Waals surface area contributed by atoms with E-state index in [4.69, 9.17) is 31.0 Å². The molecule has 2 fully saturated rings. The fourth-order valence-electron chi connectivity index (χ4n) is 4.56. The average Bonchev–Trinajstić information content (AvgIpc) is 3.63. The van der Waals surface area contributed by atoms with Gasteiger partial charge in [-0.25, -0.2) is 9.97 Å². The van der Waals surface area contributed by atoms with Gasteiger partial charge in [-0.15, -0.1) is 0 Å². The number of rotatable bonds is 7. The van der Waals surface area contributed by atoms with Crippen molar-refractivity contribution in [3.63, 3.8) is 0 Å². The van der Waals surface area contributed by atoms with Gasteiger partial charge in [0.25, 0.3) is 0 Å². The van der Waals surface area contributed by atoms with Crippen molar-refractivity contribution < 1.29 is 9.47 Å². The lowest BCUT2D eigenvalue weighted by atomic mass is 10.1. The molecule has 0 spiro atoms. The summed E-state index contributed by atoms with van der Waals surface area (Å²) >= 11 is 6.39. The summed E-state index contributed by atoms with van der Waals surface area (Å²) in [7, 11) is 3.22. The number of anilines is 3. The van der Waals surface area contributed by atoms with Crippen molar-refractivity contribution in [3.8, 4) is 22.8 Å². The minimum absolute atomic E-state index is 0.517. The number of aromatic nitrogens is 4. The molecule has 6 rings (SSSR count). The fraction of sp³-hybridized carbons (Fsp3) is 0.346. The van der Waals surface area contributed by atoms with Crippen molar-refractivity contribution >= 4 is 34.7 Å². The zero-order valence-electron chi connectivity index (χ0n) is 20.3. The van der Waals surface area contributed by atoms with Crippen LogP contribution in [0.15, 0.2) is 48.9 Å². The Morgan fingerprint density at radius 3 is 2.47 bits per heavy atom. The minimum atomic E-state index is 0.517. The van der Waals surface area contributed by atoms with Gasteiger partial charge in [-0.2, -0.15) is 4.98 Å². The number of fused-ring (bicyclic) bond motifs is 1. The van der Waals surface area contributed by atoms with Crippen LogP contribution in [0.5, 0.6) is 11.5 Å². The van der Waals surface area contributed by atoms with Crippen LogP contribution in [-0.4, -0.2) is 65.8 Å². The highest BCUT2D eigenvalue weighted by atomic mass is 35.5. The molecule has 3 aromatic heterocycles. The van der Waals surface area contributed by atoms with Gasteiger partial charge in [0.2, 0.25) is 5.95 Å². The number of piperazine rings is 1. The first-order valence-electron chi connectivity index (χ1n) is 12.1. The summed E-state index contributed by atoms with van der Waals surface area (Å²) in [5.74, 6) is 2.94. The second-order valence-corrected chi connectivity index (χ2v) is 9.50. The van der Waals surface area contributed by atoms with Crippen molar-refractivity contribution in [2.45, 2.75) is 18.9 Å². The first-order chi connectivity index (χ1) is 17.6. The van der Waals surface area contributed by atoms with Crippen LogP contribution in [0, 0.1) is 0 Å². The first-order valence-corrected chi connectivity index (χ1v) is 12.5. The Kier molecular flexibility index (Phi) is 5.92. The molecular weight excluding hydrogens is 478 g/mol. The number of halogens is 1. The van der Waals surface area contributed by atoms with E-state index in [2.05, 4.69) is 32.2 Å². The highest BCUT2D eigenvalue weighted by Gasteiger charge is 2.23. The van der Waals surface area contributed by atoms with Gasteiger partial charge in [-0.1, -0.05) is 11.6 Å². The summed E-state index contributed by atoms with van der Waals surface area (Å²) in [6, 6.07) is 10.4. The van der Waals surface area contributed by atoms with Crippen LogP contribution in [0.1, 0.15) is 12.8 Å². The number of imidazole rings is 1. The standard InChI is InChI=1S/C26H28ClN7O2/c1-35-22-15-23(36-2)20(27)14-19(22)21-16-34-8-6-18(13-25(34)30-21)32-9-11-33(12-10-32)24-5-7-28-26(31-24)29-17-3-4-17/h5-8,13-17H,3-4,9-12H2,1-2H3,(H,28,29,31). The van der Waals surface area contributed by atoms with Crippen molar-refractivity contribution in [1.82, 2.24) is 19.4 Å². The Morgan fingerprint density at radius 2 is 1.72 bits per heavy atom. The molecule has 0 amide bonds. The summed E-state index contributed by atoms with van der Waals surface area (Å²) in [6.45, 7) is 3.60. The molecule has 0 radical (unpaired) electrons. The largest absolute Gasteiger partial charge is 0.496 e. The number of methoxy groups -OCH3 is 2. The first kappa shape index (κ1) is 22.7. The van der Waals surface area contributed by atoms with Gasteiger partial charge in [0.15, 0.2) is 0 Å². The normalized spacial score (nSPS) is 15.9. The van der Waals surface area contributed by atoms with Crippen molar-refractivity contribution in [2.24, 2.45) is 0 Å². The van der Waals surface area contributed by atoms with Crippen LogP contribution in [0.4, 0.5) is 17.5 Å². The third-order valence-electron chi connectivity index (χ3n) is 6.71. The molecule has 1 aliphatic carbocycles. The lowest BCUT2D eigenvalue weighted by molar-refractivity contribution is 0.395. The van der Waals surface area contributed by atoms with E-state index in [1.807, 2.05) is 35.1 Å². The number of ether oxygens (including phenoxy) is 2. The number of hydrogen-bond donors (Lipinski definition) is 1. The molecule has 9 nitrogen and oxygen atoms in total. The SMILES string of the molecule is COc1cc(OC)c(-c2cn3ccc(N4CCN(c5ccnc(NC6CC6)n5)CC4)cc3n2)cc1Cl. The zero-order valence-corrected chi connectivity index (χ0v) is 21.1. The van der Waals surface area contributed by atoms with Gasteiger partial charge in [-0.3, -0.25) is 0 Å². The summed E-state index contributed by atoms with van der Waals surface area (Å²) in [6.07, 6.45) is 8.28. The second kappa shape index (κ2) is 9.39. The predicted octanol–water partition coefficient (Wildman–Crippen LogP) is 4.36. The number of hydrogen-bond acceptors (Lipinski definition) is 8. The van der Waals surface area contributed by atoms with E-state index >= 15 is 0 Å². The average molecular weight is 506 g/mol. The highest BCUT2D eigenvalue weighted by molar-refractivity contribution is 6.32. The van der Waals surface area contributed by atoms with Crippen LogP contribution < -0.4 is 24.6 Å². The van der Waals surface area contributed by atoms with Crippen LogP contribution in [0.2, 0.25) is 5.02 Å². The molecule has 1 aromatic carbocycles. The molecule has 0 unspecified atom stereocenters. The van der Waals surface area contributed by atoms with E-state index in [0.29, 0.717) is 22.6 Å². The molecule has 36 heavy (non-hydrogen) atoms. The summed E-state index contributed by atoms with van der Waals surface area (Å²) < 4.78 is 12.9. The van der Waals surface area contributed by atoms with Crippen LogP contribution in [-0.2, 0) is 0 Å². The minimum Gasteiger partial charge on any atom is -0.496 e. The van der Waals surface area contributed by atoms with Crippen molar-refractivity contribution in [2.75, 3.05) is 55.5 Å². The highest BCUT2D eigenvalue weighted by Crippen LogP contribution is 2.38. The lowest BCUT2D eigenvalue weighted by Crippen LogP contribution is -2.46. The molecule has 0 bridgehead atoms. The Balaban J connectivity index is 1.19. The van der Waals surface area contributed by atoms with Gasteiger partial charge < -0.3 is 29.0 Å². The second-order valence-electron chi connectivity index (χ2n) is 9.09. The Morgan fingerprint density at radius 1 is 0.944 bits per heavy atom. The quantitative estimate of drug-likeness (QED) is 0.397. The molecular formula is C26H28ClN7O2. The Bertz CT molecular complexity index is 1400. The molecule has 2 aliphatic rings. The smallest absolute Gasteiger partial charge is 0.224 e. The van der Waals surface area contributed by atoms with Crippen molar-refractivity contribution in [1.29, 1.82) is 0 Å². The molecule has 1 N–H and O–H groups in total. The Hall–Kier alpha value is -3.72. The van der Waals surface area contributed by atoms with Gasteiger partial charge in [0.05, 0.1) is 24.9 Å². The number of nitrogens with one attached hydrogen (secondary N) is 1. The number of benzene rings is 1. The predicted molar refractivity (Wildman–Crippen MR) is 142 cm³/mol. The van der Waals surface area contributed by atoms with Gasteiger partial charge >= 0.3 is 0 Å². The Labute approximate surface area is 214 Å². The summed E-state index contributed by atoms with van der Waals surface area (Å²) in [5, 5.41) is 3.90. The lowest BCUT2D eigenvalue weighted by Gasteiger charge is -2.36. The maximum absolute atomic E-state index is 6.39. The van der Waals surface area contributed by atoms with Gasteiger partial charge in [0.1, 0.15) is 23.0 Å². The molecule has 10 heteroatoms. The molecule has 1 saturated heterocycles. The van der Waals surface area contributed by atoms with Gasteiger partial charge in [0, 0.05) is 74.2 Å². The van der Waals surface area contributed by atoms with E-state index in [0.717, 1.165) is 60.5 Å². The topological polar surface area (TPSA) is 80.0 Å². The fourth-order valence-corrected chi connectivity index (χ4v) is 4.80. The van der Waals surface area contributed by atoms with E-state index in [9.17, 15) is 0 Å².